The number of Topliss-reactive ketones (excluding diaryl/α,β-unsaturated/α-hetero) is 1. The summed E-state index contributed by atoms with van der Waals surface area (Å²) in [5.41, 5.74) is 1.29. The zero-order chi connectivity index (χ0) is 16.3. The minimum Gasteiger partial charge on any atom is -0.465 e. The third kappa shape index (κ3) is 3.76. The van der Waals surface area contributed by atoms with Crippen LogP contribution < -0.4 is 0 Å². The predicted octanol–water partition coefficient (Wildman–Crippen LogP) is 3.39. The molecule has 0 saturated carbocycles. The number of methoxy groups -OCH3 is 1. The molecule has 0 aromatic carbocycles. The second kappa shape index (κ2) is 7.38. The van der Waals surface area contributed by atoms with Gasteiger partial charge in [0, 0.05) is 17.8 Å². The van der Waals surface area contributed by atoms with E-state index in [2.05, 4.69) is 18.7 Å². The molecule has 5 heteroatoms. The van der Waals surface area contributed by atoms with Gasteiger partial charge in [0.1, 0.15) is 0 Å². The van der Waals surface area contributed by atoms with E-state index < -0.39 is 0 Å². The number of ether oxygens (including phenoxy) is 1. The standard InChI is InChI=1S/C17H25NO3S/c1-11(2)9-18-7-5-13(6-8-18)15(19)16-12(3)14(10-22-16)17(20)21-4/h10-11,13H,5-9H2,1-4H3. The molecule has 0 bridgehead atoms. The molecule has 2 heterocycles. The van der Waals surface area contributed by atoms with E-state index in [0.717, 1.165) is 42.9 Å². The van der Waals surface area contributed by atoms with Gasteiger partial charge in [-0.3, -0.25) is 4.79 Å². The van der Waals surface area contributed by atoms with Gasteiger partial charge >= 0.3 is 5.97 Å². The van der Waals surface area contributed by atoms with E-state index in [1.54, 1.807) is 5.38 Å². The first-order valence-electron chi connectivity index (χ1n) is 7.87. The number of likely N-dealkylation sites (tertiary alicyclic amines) is 1. The van der Waals surface area contributed by atoms with E-state index in [0.29, 0.717) is 11.5 Å². The number of carbonyl (C=O) groups is 2. The lowest BCUT2D eigenvalue weighted by molar-refractivity contribution is 0.0600. The van der Waals surface area contributed by atoms with Gasteiger partial charge in [-0.2, -0.15) is 0 Å². The molecule has 1 aliphatic rings. The van der Waals surface area contributed by atoms with Gasteiger partial charge in [-0.15, -0.1) is 11.3 Å². The molecule has 1 saturated heterocycles. The van der Waals surface area contributed by atoms with Gasteiger partial charge < -0.3 is 9.64 Å². The third-order valence-electron chi connectivity index (χ3n) is 4.25. The molecule has 1 aliphatic heterocycles. The van der Waals surface area contributed by atoms with Gasteiger partial charge in [-0.05, 0) is 44.3 Å². The highest BCUT2D eigenvalue weighted by molar-refractivity contribution is 7.12. The van der Waals surface area contributed by atoms with Crippen molar-refractivity contribution in [2.24, 2.45) is 11.8 Å². The second-order valence-electron chi connectivity index (χ2n) is 6.43. The van der Waals surface area contributed by atoms with E-state index in [4.69, 9.17) is 4.74 Å². The van der Waals surface area contributed by atoms with Gasteiger partial charge in [-0.1, -0.05) is 13.8 Å². The lowest BCUT2D eigenvalue weighted by atomic mass is 9.90. The zero-order valence-electron chi connectivity index (χ0n) is 13.8. The largest absolute Gasteiger partial charge is 0.465 e. The summed E-state index contributed by atoms with van der Waals surface area (Å²) in [7, 11) is 1.37. The smallest absolute Gasteiger partial charge is 0.338 e. The molecule has 0 radical (unpaired) electrons. The van der Waals surface area contributed by atoms with Crippen LogP contribution in [0.5, 0.6) is 0 Å². The van der Waals surface area contributed by atoms with Gasteiger partial charge in [0.05, 0.1) is 17.6 Å². The van der Waals surface area contributed by atoms with Crippen LogP contribution in [0.2, 0.25) is 0 Å². The lowest BCUT2D eigenvalue weighted by Crippen LogP contribution is -2.38. The highest BCUT2D eigenvalue weighted by Crippen LogP contribution is 2.29. The quantitative estimate of drug-likeness (QED) is 0.615. The Bertz CT molecular complexity index is 542. The molecule has 0 unspecified atom stereocenters. The molecule has 2 rings (SSSR count). The second-order valence-corrected chi connectivity index (χ2v) is 7.31. The van der Waals surface area contributed by atoms with Crippen molar-refractivity contribution in [1.82, 2.24) is 4.90 Å². The minimum absolute atomic E-state index is 0.0891. The molecule has 1 fully saturated rings. The topological polar surface area (TPSA) is 46.6 Å². The van der Waals surface area contributed by atoms with Crippen LogP contribution in [0.15, 0.2) is 5.38 Å². The number of rotatable bonds is 5. The van der Waals surface area contributed by atoms with E-state index in [-0.39, 0.29) is 17.7 Å². The highest BCUT2D eigenvalue weighted by Gasteiger charge is 2.29. The summed E-state index contributed by atoms with van der Waals surface area (Å²) in [6.45, 7) is 9.36. The van der Waals surface area contributed by atoms with Crippen LogP contribution in [0.4, 0.5) is 0 Å². The van der Waals surface area contributed by atoms with Crippen LogP contribution in [-0.2, 0) is 4.74 Å². The Morgan fingerprint density at radius 2 is 2.00 bits per heavy atom. The van der Waals surface area contributed by atoms with E-state index >= 15 is 0 Å². The third-order valence-corrected chi connectivity index (χ3v) is 5.35. The van der Waals surface area contributed by atoms with Crippen LogP contribution >= 0.6 is 11.3 Å². The van der Waals surface area contributed by atoms with Crippen LogP contribution in [0.25, 0.3) is 0 Å². The number of nitrogens with zero attached hydrogens (tertiary/aromatic N) is 1. The first-order chi connectivity index (χ1) is 10.4. The Balaban J connectivity index is 2.01. The number of carbonyl (C=O) groups excluding carboxylic acids is 2. The normalized spacial score (nSPS) is 17.0. The Morgan fingerprint density at radius 3 is 2.55 bits per heavy atom. The summed E-state index contributed by atoms with van der Waals surface area (Å²) in [6.07, 6.45) is 1.83. The van der Waals surface area contributed by atoms with Crippen LogP contribution in [0, 0.1) is 18.8 Å². The summed E-state index contributed by atoms with van der Waals surface area (Å²) in [6, 6.07) is 0. The molecule has 0 N–H and O–H groups in total. The van der Waals surface area contributed by atoms with Crippen molar-refractivity contribution in [3.8, 4) is 0 Å². The summed E-state index contributed by atoms with van der Waals surface area (Å²) >= 11 is 1.37. The Morgan fingerprint density at radius 1 is 1.36 bits per heavy atom. The van der Waals surface area contributed by atoms with Gasteiger partial charge in [-0.25, -0.2) is 4.79 Å². The van der Waals surface area contributed by atoms with Gasteiger partial charge in [0.25, 0.3) is 0 Å². The predicted molar refractivity (Wildman–Crippen MR) is 88.7 cm³/mol. The number of thiophene rings is 1. The van der Waals surface area contributed by atoms with E-state index in [9.17, 15) is 9.59 Å². The SMILES string of the molecule is COC(=O)c1csc(C(=O)C2CCN(CC(C)C)CC2)c1C. The Hall–Kier alpha value is -1.20. The fourth-order valence-electron chi connectivity index (χ4n) is 3.05. The fourth-order valence-corrected chi connectivity index (χ4v) is 4.13. The number of ketones is 1. The van der Waals surface area contributed by atoms with Crippen molar-refractivity contribution in [2.45, 2.75) is 33.6 Å². The molecule has 0 aliphatic carbocycles. The number of hydrogen-bond acceptors (Lipinski definition) is 5. The maximum atomic E-state index is 12.7. The van der Waals surface area contributed by atoms with Crippen molar-refractivity contribution in [2.75, 3.05) is 26.7 Å². The van der Waals surface area contributed by atoms with Crippen molar-refractivity contribution < 1.29 is 14.3 Å². The van der Waals surface area contributed by atoms with Crippen molar-refractivity contribution in [3.63, 3.8) is 0 Å². The molecule has 22 heavy (non-hydrogen) atoms. The first-order valence-corrected chi connectivity index (χ1v) is 8.75. The van der Waals surface area contributed by atoms with Crippen molar-refractivity contribution in [3.05, 3.63) is 21.4 Å². The van der Waals surface area contributed by atoms with Crippen LogP contribution in [0.3, 0.4) is 0 Å². The zero-order valence-corrected chi connectivity index (χ0v) is 14.7. The molecular formula is C17H25NO3S. The summed E-state index contributed by atoms with van der Waals surface area (Å²) in [5.74, 6) is 0.585. The molecular weight excluding hydrogens is 298 g/mol. The first kappa shape index (κ1) is 17.2. The fraction of sp³-hybridized carbons (Fsp3) is 0.647. The Labute approximate surface area is 136 Å². The van der Waals surface area contributed by atoms with E-state index in [1.807, 2.05) is 6.92 Å². The molecule has 0 amide bonds. The van der Waals surface area contributed by atoms with Crippen LogP contribution in [0.1, 0.15) is 52.3 Å². The summed E-state index contributed by atoms with van der Waals surface area (Å²) in [5, 5.41) is 1.74. The van der Waals surface area contributed by atoms with Crippen LogP contribution in [-0.4, -0.2) is 43.4 Å². The molecule has 4 nitrogen and oxygen atoms in total. The van der Waals surface area contributed by atoms with E-state index in [1.165, 1.54) is 18.4 Å². The molecule has 1 aromatic heterocycles. The monoisotopic (exact) mass is 323 g/mol. The minimum atomic E-state index is -0.362. The van der Waals surface area contributed by atoms with Crippen molar-refractivity contribution >= 4 is 23.1 Å². The summed E-state index contributed by atoms with van der Waals surface area (Å²) in [4.78, 5) is 27.5. The molecule has 1 aromatic rings. The molecule has 0 spiro atoms. The average Bonchev–Trinajstić information content (AvgIpc) is 2.87. The molecule has 122 valence electrons. The summed E-state index contributed by atoms with van der Waals surface area (Å²) < 4.78 is 4.76. The van der Waals surface area contributed by atoms with Crippen molar-refractivity contribution in [1.29, 1.82) is 0 Å². The molecule has 0 atom stereocenters. The Kier molecular flexibility index (Phi) is 5.75. The lowest BCUT2D eigenvalue weighted by Gasteiger charge is -2.32. The number of esters is 1. The maximum absolute atomic E-state index is 12.7. The highest BCUT2D eigenvalue weighted by atomic mass is 32.1. The van der Waals surface area contributed by atoms with Gasteiger partial charge in [0.15, 0.2) is 5.78 Å². The number of hydrogen-bond donors (Lipinski definition) is 0. The maximum Gasteiger partial charge on any atom is 0.338 e. The van der Waals surface area contributed by atoms with Gasteiger partial charge in [0.2, 0.25) is 0 Å². The number of piperidine rings is 1. The average molecular weight is 323 g/mol.